The molecule has 3 nitrogen and oxygen atoms in total. The quantitative estimate of drug-likeness (QED) is 0.591. The van der Waals surface area contributed by atoms with Crippen molar-refractivity contribution >= 4 is 0 Å². The van der Waals surface area contributed by atoms with Crippen LogP contribution in [0.1, 0.15) is 66.2 Å². The maximum Gasteiger partial charge on any atom is 0.0590 e. The zero-order valence-corrected chi connectivity index (χ0v) is 13.9. The molecule has 3 heteroatoms. The van der Waals surface area contributed by atoms with Gasteiger partial charge in [0.05, 0.1) is 6.61 Å². The van der Waals surface area contributed by atoms with Crippen molar-refractivity contribution < 1.29 is 4.74 Å². The second-order valence-electron chi connectivity index (χ2n) is 5.54. The molecule has 0 amide bonds. The Kier molecular flexibility index (Phi) is 10.6. The van der Waals surface area contributed by atoms with Crippen LogP contribution in [0, 0.1) is 0 Å². The Morgan fingerprint density at radius 3 is 2.16 bits per heavy atom. The lowest BCUT2D eigenvalue weighted by molar-refractivity contribution is 0.0100. The summed E-state index contributed by atoms with van der Waals surface area (Å²) in [5.74, 6) is 0. The van der Waals surface area contributed by atoms with E-state index >= 15 is 0 Å². The minimum atomic E-state index is 0.158. The van der Waals surface area contributed by atoms with Crippen LogP contribution in [0.2, 0.25) is 0 Å². The minimum Gasteiger partial charge on any atom is -0.383 e. The van der Waals surface area contributed by atoms with E-state index in [9.17, 15) is 0 Å². The third-order valence-corrected chi connectivity index (χ3v) is 4.56. The van der Waals surface area contributed by atoms with Crippen molar-refractivity contribution in [3.8, 4) is 0 Å². The fourth-order valence-electron chi connectivity index (χ4n) is 3.12. The first-order valence-corrected chi connectivity index (χ1v) is 8.11. The third kappa shape index (κ3) is 5.41. The molecule has 0 aliphatic carbocycles. The molecule has 1 unspecified atom stereocenters. The van der Waals surface area contributed by atoms with Crippen molar-refractivity contribution in [2.75, 3.05) is 26.8 Å². The van der Waals surface area contributed by atoms with Crippen molar-refractivity contribution in [3.05, 3.63) is 0 Å². The SMILES string of the molecule is CCCCC(CC)(CN)N(CCOC)C(CC)CC. The van der Waals surface area contributed by atoms with Gasteiger partial charge in [0.15, 0.2) is 0 Å². The van der Waals surface area contributed by atoms with Crippen LogP contribution in [0.5, 0.6) is 0 Å². The molecule has 0 saturated carbocycles. The Labute approximate surface area is 120 Å². The van der Waals surface area contributed by atoms with Gasteiger partial charge in [-0.25, -0.2) is 0 Å². The monoisotopic (exact) mass is 272 g/mol. The summed E-state index contributed by atoms with van der Waals surface area (Å²) in [4.78, 5) is 2.64. The van der Waals surface area contributed by atoms with E-state index in [-0.39, 0.29) is 5.54 Å². The van der Waals surface area contributed by atoms with Gasteiger partial charge in [0.2, 0.25) is 0 Å². The smallest absolute Gasteiger partial charge is 0.0590 e. The normalized spacial score (nSPS) is 15.2. The first kappa shape index (κ1) is 18.9. The van der Waals surface area contributed by atoms with Gasteiger partial charge < -0.3 is 10.5 Å². The van der Waals surface area contributed by atoms with Crippen molar-refractivity contribution in [1.29, 1.82) is 0 Å². The molecular formula is C16H36N2O. The molecule has 0 saturated heterocycles. The van der Waals surface area contributed by atoms with Crippen LogP contribution in [-0.2, 0) is 4.74 Å². The van der Waals surface area contributed by atoms with Crippen molar-refractivity contribution in [3.63, 3.8) is 0 Å². The summed E-state index contributed by atoms with van der Waals surface area (Å²) < 4.78 is 5.32. The van der Waals surface area contributed by atoms with Crippen LogP contribution in [0.25, 0.3) is 0 Å². The lowest BCUT2D eigenvalue weighted by Gasteiger charge is -2.47. The van der Waals surface area contributed by atoms with Gasteiger partial charge in [-0.2, -0.15) is 0 Å². The second kappa shape index (κ2) is 10.6. The van der Waals surface area contributed by atoms with Gasteiger partial charge >= 0.3 is 0 Å². The molecule has 116 valence electrons. The number of hydrogen-bond acceptors (Lipinski definition) is 3. The Hall–Kier alpha value is -0.120. The number of methoxy groups -OCH3 is 1. The Morgan fingerprint density at radius 2 is 1.79 bits per heavy atom. The van der Waals surface area contributed by atoms with E-state index < -0.39 is 0 Å². The highest BCUT2D eigenvalue weighted by atomic mass is 16.5. The van der Waals surface area contributed by atoms with Crippen LogP contribution in [0.4, 0.5) is 0 Å². The third-order valence-electron chi connectivity index (χ3n) is 4.56. The first-order valence-electron chi connectivity index (χ1n) is 8.11. The van der Waals surface area contributed by atoms with Crippen molar-refractivity contribution in [1.82, 2.24) is 4.90 Å². The molecular weight excluding hydrogens is 236 g/mol. The molecule has 0 aliphatic heterocycles. The van der Waals surface area contributed by atoms with E-state index in [0.29, 0.717) is 6.04 Å². The molecule has 2 N–H and O–H groups in total. The molecule has 0 aliphatic rings. The van der Waals surface area contributed by atoms with E-state index in [1.807, 2.05) is 0 Å². The van der Waals surface area contributed by atoms with Gasteiger partial charge in [-0.05, 0) is 25.7 Å². The predicted molar refractivity (Wildman–Crippen MR) is 84.6 cm³/mol. The summed E-state index contributed by atoms with van der Waals surface area (Å²) >= 11 is 0. The summed E-state index contributed by atoms with van der Waals surface area (Å²) in [6.07, 6.45) is 7.21. The van der Waals surface area contributed by atoms with Crippen LogP contribution in [0.15, 0.2) is 0 Å². The molecule has 0 bridgehead atoms. The maximum atomic E-state index is 6.20. The van der Waals surface area contributed by atoms with Gasteiger partial charge in [0.1, 0.15) is 0 Å². The zero-order chi connectivity index (χ0) is 14.7. The molecule has 0 aromatic carbocycles. The van der Waals surface area contributed by atoms with Gasteiger partial charge in [0.25, 0.3) is 0 Å². The molecule has 19 heavy (non-hydrogen) atoms. The Morgan fingerprint density at radius 1 is 1.16 bits per heavy atom. The average Bonchev–Trinajstić information content (AvgIpc) is 2.46. The fourth-order valence-corrected chi connectivity index (χ4v) is 3.12. The Balaban J connectivity index is 5.08. The number of rotatable bonds is 12. The molecule has 0 aromatic rings. The van der Waals surface area contributed by atoms with E-state index in [1.54, 1.807) is 7.11 Å². The number of nitrogens with zero attached hydrogens (tertiary/aromatic N) is 1. The van der Waals surface area contributed by atoms with Crippen molar-refractivity contribution in [2.24, 2.45) is 5.73 Å². The van der Waals surface area contributed by atoms with Crippen LogP contribution >= 0.6 is 0 Å². The highest BCUT2D eigenvalue weighted by molar-refractivity contribution is 4.93. The lowest BCUT2D eigenvalue weighted by atomic mass is 9.85. The number of unbranched alkanes of at least 4 members (excludes halogenated alkanes) is 1. The van der Waals surface area contributed by atoms with E-state index in [1.165, 1.54) is 32.1 Å². The molecule has 0 heterocycles. The van der Waals surface area contributed by atoms with E-state index in [2.05, 4.69) is 32.6 Å². The zero-order valence-electron chi connectivity index (χ0n) is 13.9. The van der Waals surface area contributed by atoms with Crippen LogP contribution in [0.3, 0.4) is 0 Å². The summed E-state index contributed by atoms with van der Waals surface area (Å²) in [6.45, 7) is 11.7. The Bertz CT molecular complexity index is 201. The van der Waals surface area contributed by atoms with Gasteiger partial charge in [0, 0.05) is 31.8 Å². The van der Waals surface area contributed by atoms with Gasteiger partial charge in [-0.1, -0.05) is 40.5 Å². The molecule has 0 fully saturated rings. The van der Waals surface area contributed by atoms with E-state index in [4.69, 9.17) is 10.5 Å². The summed E-state index contributed by atoms with van der Waals surface area (Å²) in [7, 11) is 1.78. The summed E-state index contributed by atoms with van der Waals surface area (Å²) in [5.41, 5.74) is 6.35. The van der Waals surface area contributed by atoms with Crippen LogP contribution < -0.4 is 5.73 Å². The summed E-state index contributed by atoms with van der Waals surface area (Å²) in [5, 5.41) is 0. The molecule has 0 spiro atoms. The van der Waals surface area contributed by atoms with Crippen LogP contribution in [-0.4, -0.2) is 43.3 Å². The lowest BCUT2D eigenvalue weighted by Crippen LogP contribution is -2.58. The van der Waals surface area contributed by atoms with Gasteiger partial charge in [-0.3, -0.25) is 4.90 Å². The number of ether oxygens (including phenoxy) is 1. The summed E-state index contributed by atoms with van der Waals surface area (Å²) in [6, 6.07) is 0.621. The largest absolute Gasteiger partial charge is 0.383 e. The molecule has 0 radical (unpaired) electrons. The molecule has 0 rings (SSSR count). The highest BCUT2D eigenvalue weighted by Crippen LogP contribution is 2.29. The van der Waals surface area contributed by atoms with Crippen molar-refractivity contribution in [2.45, 2.75) is 77.8 Å². The average molecular weight is 272 g/mol. The van der Waals surface area contributed by atoms with Gasteiger partial charge in [-0.15, -0.1) is 0 Å². The topological polar surface area (TPSA) is 38.5 Å². The highest BCUT2D eigenvalue weighted by Gasteiger charge is 2.36. The standard InChI is InChI=1S/C16H36N2O/c1-6-10-11-16(9-4,14-17)18(12-13-19-5)15(7-2)8-3/h15H,6-14,17H2,1-5H3. The minimum absolute atomic E-state index is 0.158. The number of nitrogens with two attached hydrogens (primary N) is 1. The second-order valence-corrected chi connectivity index (χ2v) is 5.54. The van der Waals surface area contributed by atoms with E-state index in [0.717, 1.165) is 26.1 Å². The maximum absolute atomic E-state index is 6.20. The first-order chi connectivity index (χ1) is 9.15. The fraction of sp³-hybridized carbons (Fsp3) is 1.00. The molecule has 1 atom stereocenters. The predicted octanol–water partition coefficient (Wildman–Crippen LogP) is 3.42. The molecule has 0 aromatic heterocycles. The number of hydrogen-bond donors (Lipinski definition) is 1.